The largest absolute Gasteiger partial charge is 0.394 e. The molecule has 1 aliphatic heterocycles. The molecule has 1 aromatic carbocycles. The average molecular weight is 299 g/mol. The number of halogens is 1. The Morgan fingerprint density at radius 1 is 1.50 bits per heavy atom. The standard InChI is InChI=1S/C15H23ClN2O2/c1-10-9-20-12(8-19)7-18(10)15(11(2)17)13-5-3-4-6-14(13)16/h3-6,10-12,15,19H,7-9,17H2,1-2H3. The number of ether oxygens (including phenoxy) is 1. The first kappa shape index (κ1) is 15.7. The minimum absolute atomic E-state index is 0.0247. The highest BCUT2D eigenvalue weighted by atomic mass is 35.5. The summed E-state index contributed by atoms with van der Waals surface area (Å²) in [4.78, 5) is 2.29. The lowest BCUT2D eigenvalue weighted by Crippen LogP contribution is -2.54. The van der Waals surface area contributed by atoms with E-state index in [-0.39, 0.29) is 30.8 Å². The quantitative estimate of drug-likeness (QED) is 0.890. The van der Waals surface area contributed by atoms with Gasteiger partial charge in [-0.3, -0.25) is 4.90 Å². The van der Waals surface area contributed by atoms with E-state index in [4.69, 9.17) is 22.1 Å². The van der Waals surface area contributed by atoms with Gasteiger partial charge in [0.25, 0.3) is 0 Å². The Morgan fingerprint density at radius 3 is 2.80 bits per heavy atom. The molecule has 0 spiro atoms. The van der Waals surface area contributed by atoms with Crippen LogP contribution in [0.5, 0.6) is 0 Å². The second-order valence-electron chi connectivity index (χ2n) is 5.51. The molecule has 20 heavy (non-hydrogen) atoms. The van der Waals surface area contributed by atoms with Crippen LogP contribution in [0.2, 0.25) is 5.02 Å². The van der Waals surface area contributed by atoms with E-state index in [2.05, 4.69) is 11.8 Å². The fourth-order valence-corrected chi connectivity index (χ4v) is 3.06. The predicted molar refractivity (Wildman–Crippen MR) is 80.8 cm³/mol. The molecule has 1 saturated heterocycles. The molecule has 4 unspecified atom stereocenters. The maximum atomic E-state index is 9.33. The van der Waals surface area contributed by atoms with Crippen LogP contribution in [0, 0.1) is 0 Å². The number of nitrogens with two attached hydrogens (primary N) is 1. The van der Waals surface area contributed by atoms with Crippen molar-refractivity contribution >= 4 is 11.6 Å². The fraction of sp³-hybridized carbons (Fsp3) is 0.600. The maximum Gasteiger partial charge on any atom is 0.0933 e. The van der Waals surface area contributed by atoms with Crippen LogP contribution in [0.4, 0.5) is 0 Å². The summed E-state index contributed by atoms with van der Waals surface area (Å²) in [6.07, 6.45) is -0.157. The molecule has 5 heteroatoms. The van der Waals surface area contributed by atoms with Crippen LogP contribution in [0.1, 0.15) is 25.5 Å². The van der Waals surface area contributed by atoms with Gasteiger partial charge < -0.3 is 15.6 Å². The summed E-state index contributed by atoms with van der Waals surface area (Å²) in [5.74, 6) is 0. The Morgan fingerprint density at radius 2 is 2.20 bits per heavy atom. The first-order valence-corrected chi connectivity index (χ1v) is 7.40. The van der Waals surface area contributed by atoms with E-state index >= 15 is 0 Å². The summed E-state index contributed by atoms with van der Waals surface area (Å²) in [7, 11) is 0. The van der Waals surface area contributed by atoms with Crippen molar-refractivity contribution in [2.45, 2.75) is 38.1 Å². The highest BCUT2D eigenvalue weighted by Gasteiger charge is 2.34. The third-order valence-electron chi connectivity index (χ3n) is 3.84. The molecule has 1 fully saturated rings. The Hall–Kier alpha value is -0.650. The van der Waals surface area contributed by atoms with Crippen molar-refractivity contribution in [1.29, 1.82) is 0 Å². The lowest BCUT2D eigenvalue weighted by molar-refractivity contribution is -0.0941. The number of hydrogen-bond acceptors (Lipinski definition) is 4. The zero-order valence-electron chi connectivity index (χ0n) is 12.0. The van der Waals surface area contributed by atoms with Gasteiger partial charge in [0.1, 0.15) is 0 Å². The first-order valence-electron chi connectivity index (χ1n) is 7.02. The number of hydrogen-bond donors (Lipinski definition) is 2. The summed E-state index contributed by atoms with van der Waals surface area (Å²) < 4.78 is 5.60. The van der Waals surface area contributed by atoms with Crippen molar-refractivity contribution in [3.8, 4) is 0 Å². The van der Waals surface area contributed by atoms with Crippen LogP contribution in [-0.4, -0.2) is 48.0 Å². The summed E-state index contributed by atoms with van der Waals surface area (Å²) in [5.41, 5.74) is 7.25. The molecule has 0 aliphatic carbocycles. The fourth-order valence-electron chi connectivity index (χ4n) is 2.82. The highest BCUT2D eigenvalue weighted by molar-refractivity contribution is 6.31. The van der Waals surface area contributed by atoms with Crippen LogP contribution in [0.15, 0.2) is 24.3 Å². The van der Waals surface area contributed by atoms with Gasteiger partial charge in [-0.15, -0.1) is 0 Å². The van der Waals surface area contributed by atoms with E-state index in [1.807, 2.05) is 31.2 Å². The lowest BCUT2D eigenvalue weighted by Gasteiger charge is -2.44. The van der Waals surface area contributed by atoms with E-state index in [1.165, 1.54) is 0 Å². The normalized spacial score (nSPS) is 27.2. The number of benzene rings is 1. The number of aliphatic hydroxyl groups is 1. The summed E-state index contributed by atoms with van der Waals surface area (Å²) in [6.45, 7) is 5.38. The Balaban J connectivity index is 2.30. The summed E-state index contributed by atoms with van der Waals surface area (Å²) >= 11 is 6.34. The van der Waals surface area contributed by atoms with Crippen molar-refractivity contribution in [2.24, 2.45) is 5.73 Å². The van der Waals surface area contributed by atoms with Crippen LogP contribution in [-0.2, 0) is 4.74 Å². The second kappa shape index (κ2) is 6.87. The van der Waals surface area contributed by atoms with E-state index in [0.717, 1.165) is 10.6 Å². The Bertz CT molecular complexity index is 442. The SMILES string of the molecule is CC(N)C(c1ccccc1Cl)N1CC(CO)OCC1C. The third kappa shape index (κ3) is 3.32. The van der Waals surface area contributed by atoms with Crippen molar-refractivity contribution in [3.05, 3.63) is 34.9 Å². The molecule has 112 valence electrons. The van der Waals surface area contributed by atoms with Crippen molar-refractivity contribution in [2.75, 3.05) is 19.8 Å². The predicted octanol–water partition coefficient (Wildman–Crippen LogP) is 1.81. The monoisotopic (exact) mass is 298 g/mol. The third-order valence-corrected chi connectivity index (χ3v) is 4.18. The molecule has 0 bridgehead atoms. The molecule has 4 nitrogen and oxygen atoms in total. The van der Waals surface area contributed by atoms with Crippen molar-refractivity contribution in [3.63, 3.8) is 0 Å². The van der Waals surface area contributed by atoms with Gasteiger partial charge in [-0.05, 0) is 25.5 Å². The second-order valence-corrected chi connectivity index (χ2v) is 5.92. The molecule has 2 rings (SSSR count). The molecule has 1 aromatic rings. The molecule has 0 amide bonds. The Labute approximate surface area is 125 Å². The molecule has 3 N–H and O–H groups in total. The number of rotatable bonds is 4. The minimum atomic E-state index is -0.157. The zero-order chi connectivity index (χ0) is 14.7. The van der Waals surface area contributed by atoms with Crippen LogP contribution < -0.4 is 5.73 Å². The van der Waals surface area contributed by atoms with Gasteiger partial charge in [0, 0.05) is 23.7 Å². The average Bonchev–Trinajstić information content (AvgIpc) is 2.43. The number of nitrogens with zero attached hydrogens (tertiary/aromatic N) is 1. The van der Waals surface area contributed by atoms with Crippen LogP contribution in [0.25, 0.3) is 0 Å². The van der Waals surface area contributed by atoms with Gasteiger partial charge in [-0.25, -0.2) is 0 Å². The number of morpholine rings is 1. The van der Waals surface area contributed by atoms with E-state index in [9.17, 15) is 5.11 Å². The molecular formula is C15H23ClN2O2. The topological polar surface area (TPSA) is 58.7 Å². The molecule has 0 radical (unpaired) electrons. The Kier molecular flexibility index (Phi) is 5.41. The molecule has 1 aliphatic rings. The highest BCUT2D eigenvalue weighted by Crippen LogP contribution is 2.32. The van der Waals surface area contributed by atoms with Crippen LogP contribution in [0.3, 0.4) is 0 Å². The lowest BCUT2D eigenvalue weighted by atomic mass is 9.96. The first-order chi connectivity index (χ1) is 9.54. The molecule has 0 saturated carbocycles. The van der Waals surface area contributed by atoms with Gasteiger partial charge in [-0.2, -0.15) is 0 Å². The van der Waals surface area contributed by atoms with Gasteiger partial charge in [0.05, 0.1) is 25.4 Å². The van der Waals surface area contributed by atoms with Gasteiger partial charge in [-0.1, -0.05) is 29.8 Å². The van der Waals surface area contributed by atoms with E-state index in [1.54, 1.807) is 0 Å². The molecule has 1 heterocycles. The summed E-state index contributed by atoms with van der Waals surface area (Å²) in [5, 5.41) is 10.1. The minimum Gasteiger partial charge on any atom is -0.394 e. The van der Waals surface area contributed by atoms with Gasteiger partial charge >= 0.3 is 0 Å². The van der Waals surface area contributed by atoms with E-state index in [0.29, 0.717) is 13.2 Å². The van der Waals surface area contributed by atoms with Crippen molar-refractivity contribution < 1.29 is 9.84 Å². The maximum absolute atomic E-state index is 9.33. The number of aliphatic hydroxyl groups excluding tert-OH is 1. The smallest absolute Gasteiger partial charge is 0.0933 e. The molecular weight excluding hydrogens is 276 g/mol. The van der Waals surface area contributed by atoms with Gasteiger partial charge in [0.15, 0.2) is 0 Å². The van der Waals surface area contributed by atoms with Crippen molar-refractivity contribution in [1.82, 2.24) is 4.90 Å². The molecule has 0 aromatic heterocycles. The van der Waals surface area contributed by atoms with Gasteiger partial charge in [0.2, 0.25) is 0 Å². The van der Waals surface area contributed by atoms with Crippen LogP contribution >= 0.6 is 11.6 Å². The van der Waals surface area contributed by atoms with E-state index < -0.39 is 0 Å². The zero-order valence-corrected chi connectivity index (χ0v) is 12.8. The molecule has 4 atom stereocenters. The summed E-state index contributed by atoms with van der Waals surface area (Å²) in [6, 6.07) is 8.01.